The van der Waals surface area contributed by atoms with Crippen molar-refractivity contribution in [2.45, 2.75) is 16.7 Å². The molecular formula is C13H12ClNS. The van der Waals surface area contributed by atoms with Crippen molar-refractivity contribution < 1.29 is 0 Å². The summed E-state index contributed by atoms with van der Waals surface area (Å²) >= 11 is 7.60. The third kappa shape index (κ3) is 2.52. The first kappa shape index (κ1) is 11.4. The summed E-state index contributed by atoms with van der Waals surface area (Å²) in [5, 5.41) is 0.713. The maximum absolute atomic E-state index is 5.95. The first-order valence-electron chi connectivity index (χ1n) is 4.95. The zero-order chi connectivity index (χ0) is 11.5. The Hall–Kier alpha value is -1.12. The third-order valence-corrected chi connectivity index (χ3v) is 3.78. The van der Waals surface area contributed by atoms with E-state index in [2.05, 4.69) is 19.1 Å². The molecule has 2 aromatic rings. The molecule has 0 spiro atoms. The van der Waals surface area contributed by atoms with Gasteiger partial charge in [-0.2, -0.15) is 0 Å². The zero-order valence-electron chi connectivity index (χ0n) is 8.91. The van der Waals surface area contributed by atoms with Crippen LogP contribution in [0.2, 0.25) is 5.02 Å². The second-order valence-corrected chi connectivity index (χ2v) is 5.07. The summed E-state index contributed by atoms with van der Waals surface area (Å²) in [5.41, 5.74) is 7.91. The Bertz CT molecular complexity index is 511. The minimum atomic E-state index is 0.713. The van der Waals surface area contributed by atoms with E-state index in [4.69, 9.17) is 17.3 Å². The number of hydrogen-bond acceptors (Lipinski definition) is 2. The molecule has 1 nitrogen and oxygen atoms in total. The molecule has 0 saturated heterocycles. The number of halogens is 1. The fourth-order valence-corrected chi connectivity index (χ4v) is 2.61. The predicted octanol–water partition coefficient (Wildman–Crippen LogP) is 4.38. The molecule has 2 aromatic carbocycles. The molecule has 0 amide bonds. The summed E-state index contributed by atoms with van der Waals surface area (Å²) in [6.07, 6.45) is 0. The molecule has 0 atom stereocenters. The van der Waals surface area contributed by atoms with Crippen LogP contribution in [0.4, 0.5) is 5.69 Å². The second-order valence-electron chi connectivity index (χ2n) is 3.55. The summed E-state index contributed by atoms with van der Waals surface area (Å²) < 4.78 is 0. The number of nitrogens with two attached hydrogens (primary N) is 1. The van der Waals surface area contributed by atoms with E-state index in [1.165, 1.54) is 10.5 Å². The van der Waals surface area contributed by atoms with Gasteiger partial charge in [0, 0.05) is 20.5 Å². The topological polar surface area (TPSA) is 26.0 Å². The van der Waals surface area contributed by atoms with E-state index in [1.807, 2.05) is 24.3 Å². The highest BCUT2D eigenvalue weighted by Gasteiger charge is 2.04. The Labute approximate surface area is 105 Å². The molecule has 0 radical (unpaired) electrons. The van der Waals surface area contributed by atoms with Gasteiger partial charge in [0.15, 0.2) is 0 Å². The number of rotatable bonds is 2. The monoisotopic (exact) mass is 249 g/mol. The molecule has 3 heteroatoms. The average molecular weight is 250 g/mol. The summed E-state index contributed by atoms with van der Waals surface area (Å²) in [7, 11) is 0. The summed E-state index contributed by atoms with van der Waals surface area (Å²) in [6, 6.07) is 13.8. The summed E-state index contributed by atoms with van der Waals surface area (Å²) in [4.78, 5) is 2.21. The third-order valence-electron chi connectivity index (χ3n) is 2.29. The van der Waals surface area contributed by atoms with Crippen molar-refractivity contribution in [3.8, 4) is 0 Å². The lowest BCUT2D eigenvalue weighted by atomic mass is 10.2. The Morgan fingerprint density at radius 3 is 2.56 bits per heavy atom. The molecule has 2 rings (SSSR count). The molecule has 0 aliphatic rings. The van der Waals surface area contributed by atoms with Crippen molar-refractivity contribution in [3.63, 3.8) is 0 Å². The lowest BCUT2D eigenvalue weighted by Crippen LogP contribution is -1.88. The zero-order valence-corrected chi connectivity index (χ0v) is 10.5. The number of hydrogen-bond donors (Lipinski definition) is 1. The van der Waals surface area contributed by atoms with Crippen molar-refractivity contribution in [2.24, 2.45) is 0 Å². The summed E-state index contributed by atoms with van der Waals surface area (Å²) in [6.45, 7) is 2.09. The molecule has 0 heterocycles. The van der Waals surface area contributed by atoms with E-state index in [0.29, 0.717) is 5.02 Å². The quantitative estimate of drug-likeness (QED) is 0.800. The molecule has 0 fully saturated rings. The lowest BCUT2D eigenvalue weighted by molar-refractivity contribution is 1.29. The van der Waals surface area contributed by atoms with Crippen LogP contribution in [0.15, 0.2) is 52.3 Å². The highest BCUT2D eigenvalue weighted by Crippen LogP contribution is 2.35. The van der Waals surface area contributed by atoms with Gasteiger partial charge in [0.05, 0.1) is 0 Å². The molecular weight excluding hydrogens is 238 g/mol. The first-order chi connectivity index (χ1) is 7.66. The van der Waals surface area contributed by atoms with Gasteiger partial charge in [-0.1, -0.05) is 41.6 Å². The standard InChI is InChI=1S/C13H12ClNS/c1-9-4-2-3-5-12(9)16-13-8-10(14)6-7-11(13)15/h2-8H,15H2,1H3. The lowest BCUT2D eigenvalue weighted by Gasteiger charge is -2.07. The molecule has 16 heavy (non-hydrogen) atoms. The van der Waals surface area contributed by atoms with Gasteiger partial charge in [0.25, 0.3) is 0 Å². The molecule has 2 N–H and O–H groups in total. The Morgan fingerprint density at radius 2 is 1.81 bits per heavy atom. The average Bonchev–Trinajstić information content (AvgIpc) is 2.27. The smallest absolute Gasteiger partial charge is 0.0456 e. The van der Waals surface area contributed by atoms with Gasteiger partial charge in [-0.05, 0) is 36.8 Å². The van der Waals surface area contributed by atoms with Gasteiger partial charge in [-0.25, -0.2) is 0 Å². The van der Waals surface area contributed by atoms with Crippen molar-refractivity contribution in [1.82, 2.24) is 0 Å². The van der Waals surface area contributed by atoms with Gasteiger partial charge in [-0.3, -0.25) is 0 Å². The molecule has 0 aliphatic carbocycles. The SMILES string of the molecule is Cc1ccccc1Sc1cc(Cl)ccc1N. The molecule has 0 saturated carbocycles. The van der Waals surface area contributed by atoms with E-state index < -0.39 is 0 Å². The van der Waals surface area contributed by atoms with E-state index >= 15 is 0 Å². The highest BCUT2D eigenvalue weighted by atomic mass is 35.5. The minimum Gasteiger partial charge on any atom is -0.398 e. The summed E-state index contributed by atoms with van der Waals surface area (Å²) in [5.74, 6) is 0. The Morgan fingerprint density at radius 1 is 1.06 bits per heavy atom. The first-order valence-corrected chi connectivity index (χ1v) is 6.15. The minimum absolute atomic E-state index is 0.713. The van der Waals surface area contributed by atoms with Gasteiger partial charge >= 0.3 is 0 Å². The van der Waals surface area contributed by atoms with E-state index in [-0.39, 0.29) is 0 Å². The predicted molar refractivity (Wildman–Crippen MR) is 71.2 cm³/mol. The molecule has 0 aliphatic heterocycles. The van der Waals surface area contributed by atoms with Gasteiger partial charge < -0.3 is 5.73 Å². The van der Waals surface area contributed by atoms with Crippen LogP contribution in [0.1, 0.15) is 5.56 Å². The van der Waals surface area contributed by atoms with Crippen LogP contribution in [-0.4, -0.2) is 0 Å². The highest BCUT2D eigenvalue weighted by molar-refractivity contribution is 7.99. The fraction of sp³-hybridized carbons (Fsp3) is 0.0769. The Kier molecular flexibility index (Phi) is 3.42. The number of benzene rings is 2. The van der Waals surface area contributed by atoms with Crippen LogP contribution < -0.4 is 5.73 Å². The largest absolute Gasteiger partial charge is 0.398 e. The number of nitrogen functional groups attached to an aromatic ring is 1. The van der Waals surface area contributed by atoms with Gasteiger partial charge in [-0.15, -0.1) is 0 Å². The molecule has 82 valence electrons. The second kappa shape index (κ2) is 4.81. The molecule has 0 aromatic heterocycles. The van der Waals surface area contributed by atoms with E-state index in [1.54, 1.807) is 17.8 Å². The van der Waals surface area contributed by atoms with Crippen LogP contribution >= 0.6 is 23.4 Å². The van der Waals surface area contributed by atoms with Crippen LogP contribution in [0.25, 0.3) is 0 Å². The van der Waals surface area contributed by atoms with Gasteiger partial charge in [0.2, 0.25) is 0 Å². The molecule has 0 unspecified atom stereocenters. The van der Waals surface area contributed by atoms with E-state index in [0.717, 1.165) is 10.6 Å². The van der Waals surface area contributed by atoms with Crippen molar-refractivity contribution >= 4 is 29.1 Å². The number of aryl methyl sites for hydroxylation is 1. The van der Waals surface area contributed by atoms with Crippen molar-refractivity contribution in [2.75, 3.05) is 5.73 Å². The maximum Gasteiger partial charge on any atom is 0.0456 e. The van der Waals surface area contributed by atoms with Crippen LogP contribution in [0.3, 0.4) is 0 Å². The van der Waals surface area contributed by atoms with Crippen molar-refractivity contribution in [3.05, 3.63) is 53.1 Å². The van der Waals surface area contributed by atoms with E-state index in [9.17, 15) is 0 Å². The van der Waals surface area contributed by atoms with Crippen LogP contribution in [-0.2, 0) is 0 Å². The van der Waals surface area contributed by atoms with Crippen molar-refractivity contribution in [1.29, 1.82) is 0 Å². The molecule has 0 bridgehead atoms. The number of anilines is 1. The van der Waals surface area contributed by atoms with Crippen LogP contribution in [0, 0.1) is 6.92 Å². The van der Waals surface area contributed by atoms with Gasteiger partial charge in [0.1, 0.15) is 0 Å². The maximum atomic E-state index is 5.95. The van der Waals surface area contributed by atoms with Crippen LogP contribution in [0.5, 0.6) is 0 Å². The fourth-order valence-electron chi connectivity index (χ4n) is 1.39. The normalized spacial score (nSPS) is 10.4. The Balaban J connectivity index is 2.34.